The van der Waals surface area contributed by atoms with E-state index in [1.54, 1.807) is 12.1 Å². The van der Waals surface area contributed by atoms with Gasteiger partial charge >= 0.3 is 12.1 Å². The maximum Gasteiger partial charge on any atom is 0.421 e. The lowest BCUT2D eigenvalue weighted by Crippen LogP contribution is -2.36. The van der Waals surface area contributed by atoms with Crippen LogP contribution in [-0.4, -0.2) is 27.8 Å². The van der Waals surface area contributed by atoms with Gasteiger partial charge in [0.05, 0.1) is 0 Å². The first-order valence-corrected chi connectivity index (χ1v) is 10.9. The van der Waals surface area contributed by atoms with Crippen LogP contribution in [-0.2, 0) is 22.6 Å². The molecule has 0 unspecified atom stereocenters. The average Bonchev–Trinajstić information content (AvgIpc) is 3.21. The number of ether oxygens (including phenoxy) is 1. The van der Waals surface area contributed by atoms with E-state index in [-0.39, 0.29) is 12.5 Å². The third-order valence-electron chi connectivity index (χ3n) is 5.86. The van der Waals surface area contributed by atoms with Crippen LogP contribution in [0.25, 0.3) is 11.1 Å². The van der Waals surface area contributed by atoms with E-state index >= 15 is 0 Å². The van der Waals surface area contributed by atoms with Crippen molar-refractivity contribution in [3.05, 3.63) is 93.9 Å². The van der Waals surface area contributed by atoms with Crippen LogP contribution in [0, 0.1) is 5.92 Å². The second-order valence-corrected chi connectivity index (χ2v) is 7.99. The SMILES string of the molecule is CC[C@H](C)[C@H](N)C(=O)O.O=C(OCc1cccc2c1Cc1ccccc1-2)n1ccccc1=O. The summed E-state index contributed by atoms with van der Waals surface area (Å²) in [6, 6.07) is 18.2. The second kappa shape index (κ2) is 10.7. The van der Waals surface area contributed by atoms with Gasteiger partial charge in [0.1, 0.15) is 12.6 Å². The van der Waals surface area contributed by atoms with Gasteiger partial charge in [-0.2, -0.15) is 0 Å². The second-order valence-electron chi connectivity index (χ2n) is 7.99. The van der Waals surface area contributed by atoms with Crippen LogP contribution in [0.5, 0.6) is 0 Å². The smallest absolute Gasteiger partial charge is 0.421 e. The molecule has 0 bridgehead atoms. The summed E-state index contributed by atoms with van der Waals surface area (Å²) in [6.45, 7) is 3.91. The number of hydrogen-bond acceptors (Lipinski definition) is 5. The van der Waals surface area contributed by atoms with Crippen molar-refractivity contribution in [2.75, 3.05) is 0 Å². The van der Waals surface area contributed by atoms with Crippen LogP contribution in [0.1, 0.15) is 37.0 Å². The molecule has 0 saturated heterocycles. The van der Waals surface area contributed by atoms with Gasteiger partial charge in [-0.25, -0.2) is 9.36 Å². The van der Waals surface area contributed by atoms with E-state index in [1.807, 2.05) is 38.1 Å². The fraction of sp³-hybridized carbons (Fsp3) is 0.269. The minimum atomic E-state index is -0.913. The number of hydrogen-bond donors (Lipinski definition) is 2. The molecule has 3 N–H and O–H groups in total. The number of nitrogens with zero attached hydrogens (tertiary/aromatic N) is 1. The summed E-state index contributed by atoms with van der Waals surface area (Å²) in [5.74, 6) is -0.841. The first-order chi connectivity index (χ1) is 15.8. The molecule has 0 saturated carbocycles. The standard InChI is InChI=1S/C20H15NO3.C6H13NO2/c22-19-10-3-4-11-21(19)20(23)24-13-15-7-5-9-17-16-8-2-1-6-14(16)12-18(15)17;1-3-4(2)5(7)6(8)9/h1-11H,12-13H2;4-5H,3,7H2,1-2H3,(H,8,9)/t;4-,5-/m.0/s1. The molecule has 1 aromatic heterocycles. The van der Waals surface area contributed by atoms with Crippen molar-refractivity contribution in [1.29, 1.82) is 0 Å². The number of benzene rings is 2. The van der Waals surface area contributed by atoms with E-state index in [2.05, 4.69) is 18.2 Å². The molecular formula is C26H28N2O5. The predicted octanol–water partition coefficient (Wildman–Crippen LogP) is 4.05. The summed E-state index contributed by atoms with van der Waals surface area (Å²) >= 11 is 0. The first-order valence-electron chi connectivity index (χ1n) is 10.9. The van der Waals surface area contributed by atoms with Gasteiger partial charge in [-0.05, 0) is 46.2 Å². The minimum absolute atomic E-state index is 0.0718. The average molecular weight is 449 g/mol. The number of pyridine rings is 1. The van der Waals surface area contributed by atoms with E-state index in [1.165, 1.54) is 34.5 Å². The van der Waals surface area contributed by atoms with Crippen molar-refractivity contribution >= 4 is 12.1 Å². The Morgan fingerprint density at radius 1 is 1.06 bits per heavy atom. The molecule has 0 fully saturated rings. The number of carbonyl (C=O) groups is 2. The summed E-state index contributed by atoms with van der Waals surface area (Å²) in [5.41, 5.74) is 10.7. The molecule has 0 aliphatic heterocycles. The molecule has 0 spiro atoms. The third-order valence-corrected chi connectivity index (χ3v) is 5.86. The Kier molecular flexibility index (Phi) is 7.79. The Morgan fingerprint density at radius 3 is 2.42 bits per heavy atom. The third kappa shape index (κ3) is 5.56. The molecule has 1 aliphatic carbocycles. The Bertz CT molecular complexity index is 1200. The summed E-state index contributed by atoms with van der Waals surface area (Å²) in [5, 5.41) is 8.36. The normalized spacial score (nSPS) is 13.1. The van der Waals surface area contributed by atoms with Crippen molar-refractivity contribution < 1.29 is 19.4 Å². The molecule has 0 radical (unpaired) electrons. The largest absolute Gasteiger partial charge is 0.480 e. The monoisotopic (exact) mass is 448 g/mol. The number of carbonyl (C=O) groups excluding carboxylic acids is 1. The van der Waals surface area contributed by atoms with Gasteiger partial charge in [-0.1, -0.05) is 68.8 Å². The quantitative estimate of drug-likeness (QED) is 0.476. The molecule has 2 atom stereocenters. The molecule has 7 nitrogen and oxygen atoms in total. The number of carboxylic acids is 1. The van der Waals surface area contributed by atoms with Crippen LogP contribution in [0.15, 0.2) is 71.7 Å². The van der Waals surface area contributed by atoms with E-state index in [4.69, 9.17) is 15.6 Å². The summed E-state index contributed by atoms with van der Waals surface area (Å²) in [4.78, 5) is 33.9. The van der Waals surface area contributed by atoms with Gasteiger partial charge in [0.15, 0.2) is 0 Å². The zero-order valence-electron chi connectivity index (χ0n) is 18.7. The number of aromatic nitrogens is 1. The van der Waals surface area contributed by atoms with Crippen molar-refractivity contribution in [3.63, 3.8) is 0 Å². The van der Waals surface area contributed by atoms with Crippen molar-refractivity contribution in [3.8, 4) is 11.1 Å². The number of rotatable bonds is 5. The Balaban J connectivity index is 0.000000292. The van der Waals surface area contributed by atoms with Gasteiger partial charge in [0.2, 0.25) is 0 Å². The van der Waals surface area contributed by atoms with Crippen molar-refractivity contribution in [1.82, 2.24) is 4.57 Å². The summed E-state index contributed by atoms with van der Waals surface area (Å²) in [6.07, 6.45) is 2.40. The number of fused-ring (bicyclic) bond motifs is 3. The lowest BCUT2D eigenvalue weighted by atomic mass is 10.0. The fourth-order valence-corrected chi connectivity index (χ4v) is 3.64. The van der Waals surface area contributed by atoms with Crippen molar-refractivity contribution in [2.24, 2.45) is 11.7 Å². The molecule has 0 amide bonds. The summed E-state index contributed by atoms with van der Waals surface area (Å²) in [7, 11) is 0. The molecule has 1 heterocycles. The van der Waals surface area contributed by atoms with Crippen LogP contribution in [0.2, 0.25) is 0 Å². The Hall–Kier alpha value is -3.71. The van der Waals surface area contributed by atoms with Gasteiger partial charge < -0.3 is 15.6 Å². The molecular weight excluding hydrogens is 420 g/mol. The maximum atomic E-state index is 12.1. The zero-order chi connectivity index (χ0) is 24.0. The maximum absolute atomic E-state index is 12.1. The lowest BCUT2D eigenvalue weighted by Gasteiger charge is -2.11. The predicted molar refractivity (Wildman–Crippen MR) is 126 cm³/mol. The first kappa shape index (κ1) is 23.9. The Labute approximate surface area is 192 Å². The van der Waals surface area contributed by atoms with Crippen LogP contribution in [0.3, 0.4) is 0 Å². The highest BCUT2D eigenvalue weighted by Crippen LogP contribution is 2.38. The molecule has 2 aromatic carbocycles. The highest BCUT2D eigenvalue weighted by atomic mass is 16.5. The molecule has 172 valence electrons. The number of nitrogens with two attached hydrogens (primary N) is 1. The van der Waals surface area contributed by atoms with Crippen LogP contribution < -0.4 is 11.3 Å². The lowest BCUT2D eigenvalue weighted by molar-refractivity contribution is -0.139. The van der Waals surface area contributed by atoms with E-state index < -0.39 is 23.7 Å². The molecule has 1 aliphatic rings. The van der Waals surface area contributed by atoms with E-state index in [0.29, 0.717) is 0 Å². The minimum Gasteiger partial charge on any atom is -0.480 e. The van der Waals surface area contributed by atoms with Gasteiger partial charge in [-0.3, -0.25) is 9.59 Å². The number of carboxylic acid groups (broad SMARTS) is 1. The molecule has 33 heavy (non-hydrogen) atoms. The molecule has 7 heteroatoms. The summed E-state index contributed by atoms with van der Waals surface area (Å²) < 4.78 is 6.31. The fourth-order valence-electron chi connectivity index (χ4n) is 3.64. The topological polar surface area (TPSA) is 112 Å². The van der Waals surface area contributed by atoms with Crippen LogP contribution in [0.4, 0.5) is 4.79 Å². The van der Waals surface area contributed by atoms with Crippen LogP contribution >= 0.6 is 0 Å². The highest BCUT2D eigenvalue weighted by molar-refractivity contribution is 5.78. The van der Waals surface area contributed by atoms with Crippen molar-refractivity contribution in [2.45, 2.75) is 39.3 Å². The number of aliphatic carboxylic acids is 1. The van der Waals surface area contributed by atoms with Gasteiger partial charge in [-0.15, -0.1) is 0 Å². The van der Waals surface area contributed by atoms with E-state index in [0.717, 1.165) is 23.0 Å². The van der Waals surface area contributed by atoms with Gasteiger partial charge in [0.25, 0.3) is 5.56 Å². The highest BCUT2D eigenvalue weighted by Gasteiger charge is 2.21. The van der Waals surface area contributed by atoms with Gasteiger partial charge in [0, 0.05) is 12.3 Å². The molecule has 3 aromatic rings. The zero-order valence-corrected chi connectivity index (χ0v) is 18.7. The Morgan fingerprint density at radius 2 is 1.76 bits per heavy atom. The van der Waals surface area contributed by atoms with E-state index in [9.17, 15) is 14.4 Å². The molecule has 4 rings (SSSR count).